The van der Waals surface area contributed by atoms with E-state index in [1.54, 1.807) is 18.3 Å². The van der Waals surface area contributed by atoms with Crippen LogP contribution in [0.15, 0.2) is 46.3 Å². The Balaban J connectivity index is 1.73. The minimum atomic E-state index is -1.32. The highest BCUT2D eigenvalue weighted by atomic mass is 32.2. The van der Waals surface area contributed by atoms with E-state index in [4.69, 9.17) is 15.5 Å². The zero-order valence-electron chi connectivity index (χ0n) is 17.2. The molecule has 1 unspecified atom stereocenters. The number of anilines is 1. The van der Waals surface area contributed by atoms with Gasteiger partial charge in [0.1, 0.15) is 11.6 Å². The summed E-state index contributed by atoms with van der Waals surface area (Å²) in [5.41, 5.74) is 7.55. The van der Waals surface area contributed by atoms with E-state index >= 15 is 0 Å². The lowest BCUT2D eigenvalue weighted by Crippen LogP contribution is -2.25. The van der Waals surface area contributed by atoms with Crippen LogP contribution in [0.1, 0.15) is 39.4 Å². The van der Waals surface area contributed by atoms with Gasteiger partial charge in [-0.2, -0.15) is 0 Å². The van der Waals surface area contributed by atoms with E-state index in [9.17, 15) is 4.21 Å². The van der Waals surface area contributed by atoms with Crippen molar-refractivity contribution in [2.45, 2.75) is 55.4 Å². The van der Waals surface area contributed by atoms with Gasteiger partial charge < -0.3 is 15.0 Å². The van der Waals surface area contributed by atoms with Crippen molar-refractivity contribution < 1.29 is 8.95 Å². The summed E-state index contributed by atoms with van der Waals surface area (Å²) in [7, 11) is -1.32. The van der Waals surface area contributed by atoms with Crippen molar-refractivity contribution >= 4 is 27.7 Å². The fourth-order valence-electron chi connectivity index (χ4n) is 3.81. The fraction of sp³-hybridized carbons (Fsp3) is 0.455. The average molecular weight is 413 g/mol. The van der Waals surface area contributed by atoms with Crippen LogP contribution in [0.5, 0.6) is 0 Å². The second kappa shape index (κ2) is 7.88. The van der Waals surface area contributed by atoms with Crippen LogP contribution in [-0.2, 0) is 27.5 Å². The molecular formula is C22H28N4O2S. The summed E-state index contributed by atoms with van der Waals surface area (Å²) < 4.78 is 20.9. The zero-order valence-corrected chi connectivity index (χ0v) is 18.0. The van der Waals surface area contributed by atoms with Crippen LogP contribution in [0.3, 0.4) is 0 Å². The van der Waals surface area contributed by atoms with Crippen LogP contribution in [0.25, 0.3) is 11.0 Å². The standard InChI is InChI=1S/C22H28N4O2S/c1-22(2,3)21-25-18-12-16(29(27)17-5-7-20(23)24-13-17)4-6-19(18)26(21)14-15-8-10-28-11-9-15/h4-7,12-13,15H,8-11,14H2,1-3H3,(H2,23,24). The summed E-state index contributed by atoms with van der Waals surface area (Å²) in [6.45, 7) is 9.17. The Kier molecular flexibility index (Phi) is 5.44. The first kappa shape index (κ1) is 20.0. The lowest BCUT2D eigenvalue weighted by Gasteiger charge is -2.26. The minimum Gasteiger partial charge on any atom is -0.384 e. The molecule has 1 fully saturated rings. The molecule has 3 aromatic rings. The Morgan fingerprint density at radius 1 is 1.17 bits per heavy atom. The van der Waals surface area contributed by atoms with E-state index in [1.165, 1.54) is 0 Å². The molecule has 6 nitrogen and oxygen atoms in total. The van der Waals surface area contributed by atoms with Crippen molar-refractivity contribution in [1.29, 1.82) is 0 Å². The number of rotatable bonds is 4. The first-order valence-corrected chi connectivity index (χ1v) is 11.2. The van der Waals surface area contributed by atoms with Crippen molar-refractivity contribution in [2.75, 3.05) is 18.9 Å². The molecule has 2 N–H and O–H groups in total. The molecule has 1 aliphatic rings. The predicted molar refractivity (Wildman–Crippen MR) is 115 cm³/mol. The number of pyridine rings is 1. The number of benzene rings is 1. The number of ether oxygens (including phenoxy) is 1. The van der Waals surface area contributed by atoms with Gasteiger partial charge in [0.05, 0.1) is 26.7 Å². The number of nitrogen functional groups attached to an aromatic ring is 1. The second-order valence-electron chi connectivity index (χ2n) is 8.69. The summed E-state index contributed by atoms with van der Waals surface area (Å²) in [5, 5.41) is 0. The summed E-state index contributed by atoms with van der Waals surface area (Å²) in [6.07, 6.45) is 3.73. The van der Waals surface area contributed by atoms with Gasteiger partial charge in [0, 0.05) is 36.3 Å². The summed E-state index contributed by atoms with van der Waals surface area (Å²) >= 11 is 0. The highest BCUT2D eigenvalue weighted by Gasteiger charge is 2.25. The number of hydrogen-bond acceptors (Lipinski definition) is 5. The first-order chi connectivity index (χ1) is 13.8. The van der Waals surface area contributed by atoms with Crippen molar-refractivity contribution in [3.05, 3.63) is 42.4 Å². The largest absolute Gasteiger partial charge is 0.384 e. The van der Waals surface area contributed by atoms with E-state index in [2.05, 4.69) is 36.4 Å². The van der Waals surface area contributed by atoms with Crippen molar-refractivity contribution in [1.82, 2.24) is 14.5 Å². The van der Waals surface area contributed by atoms with Gasteiger partial charge in [-0.1, -0.05) is 20.8 Å². The smallest absolute Gasteiger partial charge is 0.123 e. The molecule has 0 saturated carbocycles. The van der Waals surface area contributed by atoms with Crippen molar-refractivity contribution in [3.8, 4) is 0 Å². The van der Waals surface area contributed by atoms with Gasteiger partial charge in [-0.05, 0) is 49.1 Å². The highest BCUT2D eigenvalue weighted by molar-refractivity contribution is 7.85. The van der Waals surface area contributed by atoms with Crippen LogP contribution >= 0.6 is 0 Å². The maximum absolute atomic E-state index is 13.0. The maximum atomic E-state index is 13.0. The summed E-state index contributed by atoms with van der Waals surface area (Å²) in [6, 6.07) is 9.36. The van der Waals surface area contributed by atoms with Crippen LogP contribution in [-0.4, -0.2) is 32.0 Å². The van der Waals surface area contributed by atoms with Gasteiger partial charge in [-0.3, -0.25) is 0 Å². The Morgan fingerprint density at radius 2 is 1.90 bits per heavy atom. The predicted octanol–water partition coefficient (Wildman–Crippen LogP) is 3.90. The number of fused-ring (bicyclic) bond motifs is 1. The lowest BCUT2D eigenvalue weighted by molar-refractivity contribution is 0.0611. The Bertz CT molecular complexity index is 1030. The number of imidazole rings is 1. The van der Waals surface area contributed by atoms with E-state index in [-0.39, 0.29) is 5.41 Å². The zero-order chi connectivity index (χ0) is 20.6. The maximum Gasteiger partial charge on any atom is 0.123 e. The monoisotopic (exact) mass is 412 g/mol. The number of nitrogens with zero attached hydrogens (tertiary/aromatic N) is 3. The molecular weight excluding hydrogens is 384 g/mol. The molecule has 1 aromatic carbocycles. The van der Waals surface area contributed by atoms with Gasteiger partial charge in [0.15, 0.2) is 0 Å². The third-order valence-electron chi connectivity index (χ3n) is 5.36. The van der Waals surface area contributed by atoms with E-state index in [1.807, 2.05) is 12.1 Å². The third-order valence-corrected chi connectivity index (χ3v) is 6.71. The molecule has 29 heavy (non-hydrogen) atoms. The second-order valence-corrected chi connectivity index (χ2v) is 10.2. The molecule has 1 aliphatic heterocycles. The fourth-order valence-corrected chi connectivity index (χ4v) is 4.83. The highest BCUT2D eigenvalue weighted by Crippen LogP contribution is 2.30. The minimum absolute atomic E-state index is 0.0790. The van der Waals surface area contributed by atoms with Crippen LogP contribution in [0, 0.1) is 5.92 Å². The molecule has 0 spiro atoms. The lowest BCUT2D eigenvalue weighted by atomic mass is 9.94. The molecule has 1 saturated heterocycles. The van der Waals surface area contributed by atoms with Gasteiger partial charge in [0.25, 0.3) is 0 Å². The molecule has 0 radical (unpaired) electrons. The molecule has 3 heterocycles. The van der Waals surface area contributed by atoms with E-state index in [0.29, 0.717) is 16.6 Å². The number of nitrogens with two attached hydrogens (primary N) is 1. The molecule has 0 amide bonds. The van der Waals surface area contributed by atoms with Crippen molar-refractivity contribution in [3.63, 3.8) is 0 Å². The molecule has 7 heteroatoms. The molecule has 0 aliphatic carbocycles. The summed E-state index contributed by atoms with van der Waals surface area (Å²) in [5.74, 6) is 2.08. The SMILES string of the molecule is CC(C)(C)c1nc2cc(S(=O)c3ccc(N)nc3)ccc2n1CC1CCOCC1. The van der Waals surface area contributed by atoms with Crippen molar-refractivity contribution in [2.24, 2.45) is 5.92 Å². The molecule has 154 valence electrons. The number of aromatic nitrogens is 3. The molecule has 2 aromatic heterocycles. The quantitative estimate of drug-likeness (QED) is 0.703. The average Bonchev–Trinajstić information content (AvgIpc) is 3.07. The van der Waals surface area contributed by atoms with Gasteiger partial charge in [-0.15, -0.1) is 0 Å². The van der Waals surface area contributed by atoms with E-state index < -0.39 is 10.8 Å². The molecule has 0 bridgehead atoms. The number of hydrogen-bond donors (Lipinski definition) is 1. The Labute approximate surface area is 173 Å². The van der Waals surface area contributed by atoms with Crippen LogP contribution in [0.4, 0.5) is 5.82 Å². The summed E-state index contributed by atoms with van der Waals surface area (Å²) in [4.78, 5) is 10.4. The van der Waals surface area contributed by atoms with Gasteiger partial charge in [-0.25, -0.2) is 14.2 Å². The molecule has 1 atom stereocenters. The van der Waals surface area contributed by atoms with Gasteiger partial charge in [0.2, 0.25) is 0 Å². The Hall–Kier alpha value is -2.25. The van der Waals surface area contributed by atoms with Crippen LogP contribution < -0.4 is 5.73 Å². The van der Waals surface area contributed by atoms with Gasteiger partial charge >= 0.3 is 0 Å². The molecule has 4 rings (SSSR count). The van der Waals surface area contributed by atoms with Crippen LogP contribution in [0.2, 0.25) is 0 Å². The Morgan fingerprint density at radius 3 is 2.55 bits per heavy atom. The van der Waals surface area contributed by atoms with E-state index in [0.717, 1.165) is 54.4 Å². The normalized spacial score (nSPS) is 16.9. The topological polar surface area (TPSA) is 83.0 Å². The first-order valence-electron chi connectivity index (χ1n) is 10.0. The third kappa shape index (κ3) is 4.21.